The number of carbonyl (C=O) groups is 2. The van der Waals surface area contributed by atoms with E-state index in [0.717, 1.165) is 0 Å². The zero-order chi connectivity index (χ0) is 26.8. The summed E-state index contributed by atoms with van der Waals surface area (Å²) in [4.78, 5) is 34.2. The van der Waals surface area contributed by atoms with E-state index in [0.29, 0.717) is 33.9 Å². The van der Waals surface area contributed by atoms with Crippen LogP contribution in [0.1, 0.15) is 31.8 Å². The lowest BCUT2D eigenvalue weighted by Gasteiger charge is -2.14. The van der Waals surface area contributed by atoms with Gasteiger partial charge in [-0.1, -0.05) is 0 Å². The van der Waals surface area contributed by atoms with Gasteiger partial charge in [-0.05, 0) is 36.4 Å². The van der Waals surface area contributed by atoms with E-state index in [4.69, 9.17) is 0 Å². The summed E-state index contributed by atoms with van der Waals surface area (Å²) in [7, 11) is 3.45. The van der Waals surface area contributed by atoms with Gasteiger partial charge in [0.2, 0.25) is 0 Å². The topological polar surface area (TPSA) is 146 Å². The number of primary amides is 2. The fourth-order valence-electron chi connectivity index (χ4n) is 4.06. The summed E-state index contributed by atoms with van der Waals surface area (Å²) in [6, 6.07) is 16.3. The molecule has 10 nitrogen and oxygen atoms in total. The van der Waals surface area contributed by atoms with E-state index in [2.05, 4.69) is 9.98 Å². The zero-order valence-corrected chi connectivity index (χ0v) is 20.7. The van der Waals surface area contributed by atoms with E-state index in [1.165, 1.54) is 16.7 Å². The van der Waals surface area contributed by atoms with Crippen LogP contribution in [0.15, 0.2) is 95.4 Å². The molecule has 0 saturated heterocycles. The van der Waals surface area contributed by atoms with Gasteiger partial charge < -0.3 is 10.2 Å². The molecule has 4 aliphatic heterocycles. The van der Waals surface area contributed by atoms with Crippen LogP contribution in [0.2, 0.25) is 0 Å². The highest BCUT2D eigenvalue weighted by atomic mass is 16.3. The number of quaternary nitrogens is 2. The van der Waals surface area contributed by atoms with Crippen LogP contribution in [0.4, 0.5) is 22.7 Å². The van der Waals surface area contributed by atoms with Gasteiger partial charge >= 0.3 is 11.8 Å². The molecule has 0 saturated carbocycles. The first-order valence-electron chi connectivity index (χ1n) is 11.7. The largest absolute Gasteiger partial charge is 0.858 e. The van der Waals surface area contributed by atoms with Crippen LogP contribution in [0.5, 0.6) is 0 Å². The Labute approximate surface area is 217 Å². The molecular weight excluding hydrogens is 484 g/mol. The number of aryl methyl sites for hydroxylation is 2. The Morgan fingerprint density at radius 2 is 0.921 bits per heavy atom. The molecule has 0 spiro atoms. The van der Waals surface area contributed by atoms with Crippen molar-refractivity contribution in [3.8, 4) is 0 Å². The van der Waals surface area contributed by atoms with Crippen molar-refractivity contribution in [2.24, 2.45) is 24.1 Å². The Balaban J connectivity index is 1.60. The van der Waals surface area contributed by atoms with Crippen molar-refractivity contribution in [3.63, 3.8) is 0 Å². The maximum Gasteiger partial charge on any atom is 0.353 e. The fourth-order valence-corrected chi connectivity index (χ4v) is 4.06. The second-order valence-corrected chi connectivity index (χ2v) is 8.99. The molecule has 6 heterocycles. The first kappa shape index (κ1) is 24.6. The van der Waals surface area contributed by atoms with Crippen LogP contribution >= 0.6 is 0 Å². The lowest BCUT2D eigenvalue weighted by Crippen LogP contribution is -2.83. The molecule has 0 unspecified atom stereocenters. The van der Waals surface area contributed by atoms with Crippen LogP contribution in [-0.4, -0.2) is 23.6 Å². The van der Waals surface area contributed by atoms with Gasteiger partial charge in [-0.2, -0.15) is 0 Å². The van der Waals surface area contributed by atoms with Crippen LogP contribution in [0.3, 0.4) is 0 Å². The standard InChI is InChI=1S/C28H22N6O4/c1-33-13-17-11-18(14-33)26(36)30-22-5-9-24(10-6-22)32-28(38)20-12-19(15-34(2)16-20)27(37)31-23-7-3-21(4-8-23)29-25(17)35/h3-16H,1-2H3,(H2-2,29,30,31,32,35,36,37,38)/p+2. The molecule has 38 heavy (non-hydrogen) atoms. The molecule has 0 radical (unpaired) electrons. The number of rotatable bonds is 0. The quantitative estimate of drug-likeness (QED) is 0.222. The molecule has 4 N–H and O–H groups in total. The van der Waals surface area contributed by atoms with Crippen molar-refractivity contribution >= 4 is 46.4 Å². The van der Waals surface area contributed by atoms with E-state index >= 15 is 0 Å². The third-order valence-corrected chi connectivity index (χ3v) is 5.90. The predicted octanol–water partition coefficient (Wildman–Crippen LogP) is -1.40. The Morgan fingerprint density at radius 1 is 0.579 bits per heavy atom. The van der Waals surface area contributed by atoms with Crippen molar-refractivity contribution in [1.29, 1.82) is 0 Å². The number of nitrogens with zero attached hydrogens (tertiary/aromatic N) is 4. The van der Waals surface area contributed by atoms with Crippen molar-refractivity contribution < 1.29 is 39.6 Å². The van der Waals surface area contributed by atoms with Gasteiger partial charge in [0.05, 0.1) is 11.4 Å². The lowest BCUT2D eigenvalue weighted by atomic mass is 10.1. The van der Waals surface area contributed by atoms with E-state index in [9.17, 15) is 19.8 Å². The molecule has 188 valence electrons. The maximum atomic E-state index is 13.0. The van der Waals surface area contributed by atoms with E-state index in [1.807, 2.05) is 0 Å². The van der Waals surface area contributed by atoms with E-state index in [1.54, 1.807) is 103 Å². The second-order valence-electron chi connectivity index (χ2n) is 8.99. The normalized spacial score (nSPS) is 13.9. The smallest absolute Gasteiger partial charge is 0.353 e. The molecule has 4 aromatic rings. The number of aromatic nitrogens is 2. The van der Waals surface area contributed by atoms with Crippen molar-refractivity contribution in [2.75, 3.05) is 0 Å². The van der Waals surface area contributed by atoms with Crippen LogP contribution in [0, 0.1) is 0 Å². The first-order chi connectivity index (χ1) is 18.2. The fraction of sp³-hybridized carbons (Fsp3) is 0.0714. The summed E-state index contributed by atoms with van der Waals surface area (Å²) in [5.74, 6) is -1.56. The summed E-state index contributed by atoms with van der Waals surface area (Å²) in [6.45, 7) is 0. The molecule has 0 atom stereocenters. The van der Waals surface area contributed by atoms with Crippen molar-refractivity contribution in [1.82, 2.24) is 0 Å². The average molecular weight is 509 g/mol. The minimum Gasteiger partial charge on any atom is -0.858 e. The lowest BCUT2D eigenvalue weighted by molar-refractivity contribution is -0.672. The molecule has 2 aromatic heterocycles. The van der Waals surface area contributed by atoms with Gasteiger partial charge in [-0.3, -0.25) is 9.98 Å². The van der Waals surface area contributed by atoms with Gasteiger partial charge in [0.25, 0.3) is 0 Å². The average Bonchev–Trinajstić information content (AvgIpc) is 2.89. The predicted molar refractivity (Wildman–Crippen MR) is 132 cm³/mol. The number of benzene rings is 2. The zero-order valence-electron chi connectivity index (χ0n) is 20.7. The molecule has 2 amide bonds. The summed E-state index contributed by atoms with van der Waals surface area (Å²) < 4.78 is 3.27. The molecule has 8 bridgehead atoms. The Kier molecular flexibility index (Phi) is 6.56. The number of nitrogens with two attached hydrogens (primary N) is 2. The number of hydrogen-bond acceptors (Lipinski definition) is 6. The number of hydrogen-bond donors (Lipinski definition) is 2. The second kappa shape index (κ2) is 10.1. The Hall–Kier alpha value is -5.06. The molecule has 2 aromatic carbocycles. The first-order valence-corrected chi connectivity index (χ1v) is 11.7. The number of aliphatic imine (C=N–C) groups is 2. The van der Waals surface area contributed by atoms with E-state index < -0.39 is 11.8 Å². The summed E-state index contributed by atoms with van der Waals surface area (Å²) in [6.07, 6.45) is 6.46. The molecule has 10 heteroatoms. The highest BCUT2D eigenvalue weighted by Crippen LogP contribution is 2.17. The minimum absolute atomic E-state index is 0.234. The van der Waals surface area contributed by atoms with Crippen molar-refractivity contribution in [2.45, 2.75) is 0 Å². The van der Waals surface area contributed by atoms with Gasteiger partial charge in [-0.25, -0.2) is 29.4 Å². The van der Waals surface area contributed by atoms with Crippen LogP contribution in [0.25, 0.3) is 0 Å². The molecule has 4 aliphatic rings. The number of pyridine rings is 2. The van der Waals surface area contributed by atoms with Crippen molar-refractivity contribution in [3.05, 3.63) is 108 Å². The highest BCUT2D eigenvalue weighted by Gasteiger charge is 2.22. The van der Waals surface area contributed by atoms with Crippen LogP contribution < -0.4 is 30.0 Å². The highest BCUT2D eigenvalue weighted by molar-refractivity contribution is 5.97. The Bertz CT molecular complexity index is 1510. The van der Waals surface area contributed by atoms with Gasteiger partial charge in [0.1, 0.15) is 36.6 Å². The third-order valence-electron chi connectivity index (χ3n) is 5.90. The molecule has 8 rings (SSSR count). The van der Waals surface area contributed by atoms with Gasteiger partial charge in [0.15, 0.2) is 24.8 Å². The molecular formula is C28H24N6O4+2. The maximum absolute atomic E-state index is 13.0. The van der Waals surface area contributed by atoms with Gasteiger partial charge in [0, 0.05) is 47.2 Å². The van der Waals surface area contributed by atoms with Crippen LogP contribution in [-0.2, 0) is 14.1 Å². The summed E-state index contributed by atoms with van der Waals surface area (Å²) >= 11 is 0. The summed E-state index contributed by atoms with van der Waals surface area (Å²) in [5, 5.41) is 28.6. The molecule has 0 fully saturated rings. The van der Waals surface area contributed by atoms with E-state index in [-0.39, 0.29) is 22.9 Å². The number of amides is 2. The SMILES string of the molecule is C[n+]1cc2cc(c1)C(=O)[NH2+]c1ccc(cc1)N=C([O-])c1cc(c[n+](C)c1)C([O-])=Nc1ccc(cc1)[NH2+]C2=O. The summed E-state index contributed by atoms with van der Waals surface area (Å²) in [5.41, 5.74) is 3.23. The number of carbonyl (C=O) groups excluding carboxylic acids is 2. The monoisotopic (exact) mass is 508 g/mol. The third kappa shape index (κ3) is 5.51. The Morgan fingerprint density at radius 3 is 1.32 bits per heavy atom. The minimum atomic E-state index is -0.515. The molecule has 0 aliphatic carbocycles. The van der Waals surface area contributed by atoms with Gasteiger partial charge in [-0.15, -0.1) is 0 Å².